The van der Waals surface area contributed by atoms with Gasteiger partial charge in [0.1, 0.15) is 0 Å². The molecule has 7 heteroatoms. The number of carboxylic acid groups (broad SMARTS) is 1. The number of carbonyl (C=O) groups excluding carboxylic acids is 1. The number of pyridine rings is 1. The van der Waals surface area contributed by atoms with E-state index in [4.69, 9.17) is 4.74 Å². The van der Waals surface area contributed by atoms with Crippen molar-refractivity contribution in [2.45, 2.75) is 13.3 Å². The lowest BCUT2D eigenvalue weighted by molar-refractivity contribution is -0.148. The predicted molar refractivity (Wildman–Crippen MR) is 98.8 cm³/mol. The normalized spacial score (nSPS) is 30.6. The van der Waals surface area contributed by atoms with Crippen LogP contribution in [-0.4, -0.2) is 59.8 Å². The summed E-state index contributed by atoms with van der Waals surface area (Å²) in [4.78, 5) is 28.9. The Kier molecular flexibility index (Phi) is 4.42. The fraction of sp³-hybridized carbons (Fsp3) is 0.550. The van der Waals surface area contributed by atoms with Gasteiger partial charge in [0.25, 0.3) is 0 Å². The molecular formula is C20H25N3O4. The van der Waals surface area contributed by atoms with Crippen LogP contribution in [0.5, 0.6) is 0 Å². The molecule has 3 fully saturated rings. The highest BCUT2D eigenvalue weighted by Gasteiger charge is 2.77. The number of hydrogen-bond donors (Lipinski definition) is 2. The number of rotatable bonds is 6. The second kappa shape index (κ2) is 6.64. The van der Waals surface area contributed by atoms with Gasteiger partial charge in [-0.3, -0.25) is 9.78 Å². The number of nitrogens with zero attached hydrogens (tertiary/aromatic N) is 2. The van der Waals surface area contributed by atoms with Crippen LogP contribution in [-0.2, 0) is 9.53 Å². The Bertz CT molecular complexity index is 762. The highest BCUT2D eigenvalue weighted by molar-refractivity contribution is 5.91. The van der Waals surface area contributed by atoms with Gasteiger partial charge < -0.3 is 20.1 Å². The standard InChI is InChI=1S/C20H25N3O4/c1-19(12-27-13-19)20-11-23(18(25)26)10-16(20)15(20)6-8-22-17(24)5-4-14-3-2-7-21-9-14/h2-5,7,9,15-16H,6,8,10-13H2,1H3,(H,22,24)(H,25,26)/b5-4+. The molecule has 3 heterocycles. The summed E-state index contributed by atoms with van der Waals surface area (Å²) in [5.74, 6) is 0.707. The second-order valence-electron chi connectivity index (χ2n) is 8.17. The number of fused-ring (bicyclic) bond motifs is 1. The molecule has 1 aromatic rings. The SMILES string of the molecule is CC1(C23CN(C(=O)O)CC2C3CCNC(=O)/C=C/c2cccnc2)COC1. The molecular weight excluding hydrogens is 346 g/mol. The van der Waals surface area contributed by atoms with E-state index in [2.05, 4.69) is 17.2 Å². The minimum absolute atomic E-state index is 0.0138. The largest absolute Gasteiger partial charge is 0.465 e. The van der Waals surface area contributed by atoms with Crippen molar-refractivity contribution in [3.05, 3.63) is 36.2 Å². The van der Waals surface area contributed by atoms with Crippen molar-refractivity contribution in [2.24, 2.45) is 22.7 Å². The summed E-state index contributed by atoms with van der Waals surface area (Å²) < 4.78 is 5.45. The third-order valence-corrected chi connectivity index (χ3v) is 6.67. The van der Waals surface area contributed by atoms with Gasteiger partial charge in [0.05, 0.1) is 13.2 Å². The van der Waals surface area contributed by atoms with Crippen LogP contribution in [0.2, 0.25) is 0 Å². The summed E-state index contributed by atoms with van der Waals surface area (Å²) in [5, 5.41) is 12.3. The lowest BCUT2D eigenvalue weighted by Crippen LogP contribution is -2.51. The summed E-state index contributed by atoms with van der Waals surface area (Å²) in [5.41, 5.74) is 0.950. The van der Waals surface area contributed by atoms with Gasteiger partial charge in [0.2, 0.25) is 5.91 Å². The minimum Gasteiger partial charge on any atom is -0.465 e. The molecule has 7 nitrogen and oxygen atoms in total. The van der Waals surface area contributed by atoms with E-state index in [1.54, 1.807) is 23.4 Å². The molecule has 4 rings (SSSR count). The second-order valence-corrected chi connectivity index (χ2v) is 8.17. The van der Waals surface area contributed by atoms with Gasteiger partial charge in [0.15, 0.2) is 0 Å². The first-order valence-electron chi connectivity index (χ1n) is 9.38. The number of amides is 2. The molecule has 1 aromatic heterocycles. The lowest BCUT2D eigenvalue weighted by atomic mass is 9.70. The summed E-state index contributed by atoms with van der Waals surface area (Å²) in [6, 6.07) is 3.72. The van der Waals surface area contributed by atoms with Crippen molar-refractivity contribution in [1.82, 2.24) is 15.2 Å². The summed E-state index contributed by atoms with van der Waals surface area (Å²) >= 11 is 0. The van der Waals surface area contributed by atoms with E-state index < -0.39 is 6.09 Å². The average Bonchev–Trinajstić information content (AvgIpc) is 3.04. The van der Waals surface area contributed by atoms with E-state index in [9.17, 15) is 14.7 Å². The Morgan fingerprint density at radius 1 is 1.48 bits per heavy atom. The molecule has 3 atom stereocenters. The Morgan fingerprint density at radius 2 is 2.30 bits per heavy atom. The average molecular weight is 371 g/mol. The number of ether oxygens (including phenoxy) is 1. The number of piperidine rings is 1. The van der Waals surface area contributed by atoms with Crippen LogP contribution >= 0.6 is 0 Å². The number of likely N-dealkylation sites (tertiary alicyclic amines) is 1. The highest BCUT2D eigenvalue weighted by Crippen LogP contribution is 2.73. The lowest BCUT2D eigenvalue weighted by Gasteiger charge is -2.46. The van der Waals surface area contributed by atoms with Crippen LogP contribution in [0.4, 0.5) is 4.79 Å². The van der Waals surface area contributed by atoms with Crippen LogP contribution in [0.15, 0.2) is 30.6 Å². The fourth-order valence-electron chi connectivity index (χ4n) is 5.17. The van der Waals surface area contributed by atoms with Crippen molar-refractivity contribution in [3.8, 4) is 0 Å². The monoisotopic (exact) mass is 371 g/mol. The zero-order chi connectivity index (χ0) is 19.1. The van der Waals surface area contributed by atoms with E-state index in [-0.39, 0.29) is 16.7 Å². The zero-order valence-electron chi connectivity index (χ0n) is 15.4. The Labute approximate surface area is 158 Å². The van der Waals surface area contributed by atoms with E-state index in [1.807, 2.05) is 12.1 Å². The van der Waals surface area contributed by atoms with Crippen molar-refractivity contribution >= 4 is 18.1 Å². The molecule has 2 saturated heterocycles. The fourth-order valence-corrected chi connectivity index (χ4v) is 5.17. The summed E-state index contributed by atoms with van der Waals surface area (Å²) in [6.45, 7) is 5.41. The van der Waals surface area contributed by atoms with Crippen LogP contribution in [0, 0.1) is 22.7 Å². The number of hydrogen-bond acceptors (Lipinski definition) is 4. The molecule has 27 heavy (non-hydrogen) atoms. The Balaban J connectivity index is 1.31. The molecule has 1 saturated carbocycles. The minimum atomic E-state index is -0.835. The number of nitrogens with one attached hydrogen (secondary N) is 1. The van der Waals surface area contributed by atoms with Gasteiger partial charge in [-0.1, -0.05) is 13.0 Å². The number of aromatic nitrogens is 1. The first-order chi connectivity index (χ1) is 13.0. The van der Waals surface area contributed by atoms with Gasteiger partial charge in [-0.25, -0.2) is 4.79 Å². The van der Waals surface area contributed by atoms with Crippen LogP contribution in [0.25, 0.3) is 6.08 Å². The smallest absolute Gasteiger partial charge is 0.407 e. The molecule has 1 aliphatic carbocycles. The summed E-state index contributed by atoms with van der Waals surface area (Å²) in [7, 11) is 0. The van der Waals surface area contributed by atoms with Crippen LogP contribution in [0.1, 0.15) is 18.9 Å². The van der Waals surface area contributed by atoms with E-state index in [0.29, 0.717) is 44.7 Å². The van der Waals surface area contributed by atoms with E-state index in [0.717, 1.165) is 12.0 Å². The van der Waals surface area contributed by atoms with E-state index >= 15 is 0 Å². The predicted octanol–water partition coefficient (Wildman–Crippen LogP) is 1.86. The third kappa shape index (κ3) is 3.00. The maximum Gasteiger partial charge on any atom is 0.407 e. The van der Waals surface area contributed by atoms with Gasteiger partial charge >= 0.3 is 6.09 Å². The molecule has 2 N–H and O–H groups in total. The van der Waals surface area contributed by atoms with E-state index in [1.165, 1.54) is 6.08 Å². The molecule has 3 aliphatic rings. The van der Waals surface area contributed by atoms with Gasteiger partial charge in [-0.05, 0) is 36.0 Å². The topological polar surface area (TPSA) is 91.8 Å². The van der Waals surface area contributed by atoms with Crippen molar-refractivity contribution < 1.29 is 19.4 Å². The van der Waals surface area contributed by atoms with Crippen molar-refractivity contribution in [3.63, 3.8) is 0 Å². The molecule has 3 unspecified atom stereocenters. The van der Waals surface area contributed by atoms with Crippen molar-refractivity contribution in [1.29, 1.82) is 0 Å². The molecule has 2 amide bonds. The first-order valence-corrected chi connectivity index (χ1v) is 9.38. The summed E-state index contributed by atoms with van der Waals surface area (Å²) in [6.07, 6.45) is 6.70. The van der Waals surface area contributed by atoms with Crippen LogP contribution in [0.3, 0.4) is 0 Å². The highest BCUT2D eigenvalue weighted by atomic mass is 16.5. The maximum absolute atomic E-state index is 12.0. The van der Waals surface area contributed by atoms with Gasteiger partial charge in [-0.2, -0.15) is 0 Å². The third-order valence-electron chi connectivity index (χ3n) is 6.67. The Hall–Kier alpha value is -2.41. The van der Waals surface area contributed by atoms with Gasteiger partial charge in [0, 0.05) is 48.9 Å². The molecule has 0 spiro atoms. The molecule has 144 valence electrons. The first kappa shape index (κ1) is 18.0. The Morgan fingerprint density at radius 3 is 2.93 bits per heavy atom. The molecule has 0 radical (unpaired) electrons. The zero-order valence-corrected chi connectivity index (χ0v) is 15.4. The van der Waals surface area contributed by atoms with Crippen LogP contribution < -0.4 is 5.32 Å². The van der Waals surface area contributed by atoms with Crippen molar-refractivity contribution in [2.75, 3.05) is 32.8 Å². The number of carbonyl (C=O) groups is 2. The quantitative estimate of drug-likeness (QED) is 0.745. The molecule has 2 aliphatic heterocycles. The maximum atomic E-state index is 12.0. The molecule has 0 aromatic carbocycles. The van der Waals surface area contributed by atoms with Gasteiger partial charge in [-0.15, -0.1) is 0 Å². The molecule has 0 bridgehead atoms.